The van der Waals surface area contributed by atoms with Crippen LogP contribution in [0, 0.1) is 0 Å². The molecule has 1 spiro atoms. The van der Waals surface area contributed by atoms with Gasteiger partial charge in [0.25, 0.3) is 6.43 Å². The lowest BCUT2D eigenvalue weighted by Crippen LogP contribution is -2.48. The van der Waals surface area contributed by atoms with E-state index in [1.807, 2.05) is 0 Å². The maximum absolute atomic E-state index is 12.6. The third-order valence-electron chi connectivity index (χ3n) is 5.42. The molecule has 2 aliphatic rings. The van der Waals surface area contributed by atoms with Crippen molar-refractivity contribution in [2.75, 3.05) is 26.3 Å². The summed E-state index contributed by atoms with van der Waals surface area (Å²) in [4.78, 5) is 16.9. The fourth-order valence-corrected chi connectivity index (χ4v) is 3.69. The Bertz CT molecular complexity index is 705. The zero-order valence-electron chi connectivity index (χ0n) is 15.4. The number of amides is 1. The molecule has 2 atom stereocenters. The zero-order valence-corrected chi connectivity index (χ0v) is 15.4. The average molecular weight is 424 g/mol. The van der Waals surface area contributed by atoms with Crippen LogP contribution in [-0.4, -0.2) is 65.3 Å². The van der Waals surface area contributed by atoms with E-state index >= 15 is 0 Å². The lowest BCUT2D eigenvalue weighted by Gasteiger charge is -2.38. The highest BCUT2D eigenvalue weighted by molar-refractivity contribution is 5.68. The van der Waals surface area contributed by atoms with Crippen LogP contribution in [0.4, 0.5) is 26.7 Å². The molecular weight excluding hydrogens is 403 g/mol. The SMILES string of the molecule is O=C(O[C@H](CO)C(F)(F)F)N1CCC2(CC1)CC(c1ccc(C(F)F)nc1)CO2. The van der Waals surface area contributed by atoms with Crippen molar-refractivity contribution in [3.05, 3.63) is 29.6 Å². The predicted octanol–water partition coefficient (Wildman–Crippen LogP) is 3.42. The number of nitrogens with zero attached hydrogens (tertiary/aromatic N) is 2. The van der Waals surface area contributed by atoms with Crippen LogP contribution in [0.25, 0.3) is 0 Å². The second kappa shape index (κ2) is 8.39. The molecule has 1 amide bonds. The summed E-state index contributed by atoms with van der Waals surface area (Å²) in [6.07, 6.45) is -8.31. The number of rotatable bonds is 4. The number of aliphatic hydroxyl groups is 1. The average Bonchev–Trinajstić information content (AvgIpc) is 3.09. The Labute approximate surface area is 163 Å². The number of aromatic nitrogens is 1. The Kier molecular flexibility index (Phi) is 6.27. The molecule has 0 aromatic carbocycles. The van der Waals surface area contributed by atoms with Crippen molar-refractivity contribution in [1.82, 2.24) is 9.88 Å². The maximum atomic E-state index is 12.6. The van der Waals surface area contributed by atoms with E-state index in [1.54, 1.807) is 6.07 Å². The minimum absolute atomic E-state index is 0.0308. The Morgan fingerprint density at radius 1 is 1.34 bits per heavy atom. The van der Waals surface area contributed by atoms with Crippen LogP contribution in [0.2, 0.25) is 0 Å². The van der Waals surface area contributed by atoms with Crippen molar-refractivity contribution in [3.8, 4) is 0 Å². The molecule has 1 aromatic rings. The maximum Gasteiger partial charge on any atom is 0.427 e. The number of alkyl halides is 5. The molecule has 6 nitrogen and oxygen atoms in total. The monoisotopic (exact) mass is 424 g/mol. The van der Waals surface area contributed by atoms with E-state index < -0.39 is 37.0 Å². The molecule has 0 bridgehead atoms. The molecular formula is C18H21F5N2O4. The summed E-state index contributed by atoms with van der Waals surface area (Å²) in [7, 11) is 0. The van der Waals surface area contributed by atoms with Gasteiger partial charge in [0.1, 0.15) is 5.69 Å². The molecule has 3 rings (SSSR count). The highest BCUT2D eigenvalue weighted by Gasteiger charge is 2.46. The van der Waals surface area contributed by atoms with Crippen molar-refractivity contribution in [2.24, 2.45) is 0 Å². The molecule has 1 N–H and O–H groups in total. The first-order valence-electron chi connectivity index (χ1n) is 9.15. The molecule has 162 valence electrons. The molecule has 0 radical (unpaired) electrons. The molecule has 2 saturated heterocycles. The van der Waals surface area contributed by atoms with Crippen LogP contribution in [0.15, 0.2) is 18.3 Å². The Hall–Kier alpha value is -2.01. The van der Waals surface area contributed by atoms with Gasteiger partial charge in [-0.25, -0.2) is 13.6 Å². The van der Waals surface area contributed by atoms with E-state index in [-0.39, 0.29) is 24.7 Å². The van der Waals surface area contributed by atoms with E-state index in [1.165, 1.54) is 12.3 Å². The summed E-state index contributed by atoms with van der Waals surface area (Å²) in [6.45, 7) is -0.648. The predicted molar refractivity (Wildman–Crippen MR) is 89.5 cm³/mol. The largest absolute Gasteiger partial charge is 0.434 e. The molecule has 29 heavy (non-hydrogen) atoms. The van der Waals surface area contributed by atoms with Crippen LogP contribution in [0.1, 0.15) is 42.9 Å². The van der Waals surface area contributed by atoms with Crippen LogP contribution in [-0.2, 0) is 9.47 Å². The fraction of sp³-hybridized carbons (Fsp3) is 0.667. The lowest BCUT2D eigenvalue weighted by atomic mass is 9.83. The number of likely N-dealkylation sites (tertiary alicyclic amines) is 1. The highest BCUT2D eigenvalue weighted by atomic mass is 19.4. The normalized spacial score (nSPS) is 22.9. The first kappa shape index (κ1) is 21.7. The summed E-state index contributed by atoms with van der Waals surface area (Å²) in [5.74, 6) is -0.0308. The molecule has 0 aliphatic carbocycles. The smallest absolute Gasteiger partial charge is 0.427 e. The zero-order chi connectivity index (χ0) is 21.2. The van der Waals surface area contributed by atoms with Crippen molar-refractivity contribution >= 4 is 6.09 Å². The van der Waals surface area contributed by atoms with Crippen LogP contribution < -0.4 is 0 Å². The molecule has 1 unspecified atom stereocenters. The Morgan fingerprint density at radius 3 is 2.55 bits per heavy atom. The number of hydrogen-bond acceptors (Lipinski definition) is 5. The minimum atomic E-state index is -4.84. The van der Waals surface area contributed by atoms with E-state index in [0.717, 1.165) is 10.5 Å². The first-order chi connectivity index (χ1) is 13.6. The quantitative estimate of drug-likeness (QED) is 0.750. The number of piperidine rings is 1. The van der Waals surface area contributed by atoms with Gasteiger partial charge in [-0.2, -0.15) is 13.2 Å². The topological polar surface area (TPSA) is 71.9 Å². The molecule has 2 aliphatic heterocycles. The molecule has 11 heteroatoms. The first-order valence-corrected chi connectivity index (χ1v) is 9.15. The van der Waals surface area contributed by atoms with Gasteiger partial charge < -0.3 is 19.5 Å². The Morgan fingerprint density at radius 2 is 2.03 bits per heavy atom. The van der Waals surface area contributed by atoms with Gasteiger partial charge >= 0.3 is 12.3 Å². The van der Waals surface area contributed by atoms with Gasteiger partial charge in [-0.1, -0.05) is 6.07 Å². The number of aliphatic hydroxyl groups excluding tert-OH is 1. The lowest BCUT2D eigenvalue weighted by molar-refractivity contribution is -0.215. The fourth-order valence-electron chi connectivity index (χ4n) is 3.69. The number of halogens is 5. The number of hydrogen-bond donors (Lipinski definition) is 1. The van der Waals surface area contributed by atoms with Gasteiger partial charge in [0, 0.05) is 25.2 Å². The van der Waals surface area contributed by atoms with Crippen molar-refractivity contribution in [2.45, 2.75) is 49.5 Å². The van der Waals surface area contributed by atoms with Gasteiger partial charge in [-0.15, -0.1) is 0 Å². The molecule has 1 aromatic heterocycles. The summed E-state index contributed by atoms with van der Waals surface area (Å²) in [6, 6.07) is 2.88. The van der Waals surface area contributed by atoms with Gasteiger partial charge in [0.15, 0.2) is 0 Å². The van der Waals surface area contributed by atoms with Crippen LogP contribution in [0.3, 0.4) is 0 Å². The second-order valence-electron chi connectivity index (χ2n) is 7.30. The summed E-state index contributed by atoms with van der Waals surface area (Å²) >= 11 is 0. The van der Waals surface area contributed by atoms with Gasteiger partial charge in [-0.05, 0) is 30.9 Å². The summed E-state index contributed by atoms with van der Waals surface area (Å²) in [5, 5.41) is 8.78. The van der Waals surface area contributed by atoms with Crippen molar-refractivity contribution in [1.29, 1.82) is 0 Å². The molecule has 0 saturated carbocycles. The van der Waals surface area contributed by atoms with Gasteiger partial charge in [-0.3, -0.25) is 4.98 Å². The standard InChI is InChI=1S/C18H21F5N2O4/c19-15(20)13-2-1-11(8-24-13)12-7-17(28-10-12)3-5-25(6-4-17)16(27)29-14(9-26)18(21,22)23/h1-2,8,12,14-15,26H,3-7,9-10H2/t12?,14-/m1/s1. The van der Waals surface area contributed by atoms with E-state index in [9.17, 15) is 26.7 Å². The third kappa shape index (κ3) is 4.95. The van der Waals surface area contributed by atoms with Crippen molar-refractivity contribution in [3.63, 3.8) is 0 Å². The summed E-state index contributed by atoms with van der Waals surface area (Å²) < 4.78 is 73.5. The number of ether oxygens (including phenoxy) is 2. The number of carbonyl (C=O) groups is 1. The van der Waals surface area contributed by atoms with Crippen molar-refractivity contribution < 1.29 is 41.3 Å². The highest BCUT2D eigenvalue weighted by Crippen LogP contribution is 2.43. The van der Waals surface area contributed by atoms with Crippen LogP contribution >= 0.6 is 0 Å². The number of pyridine rings is 1. The third-order valence-corrected chi connectivity index (χ3v) is 5.42. The van der Waals surface area contributed by atoms with E-state index in [2.05, 4.69) is 9.72 Å². The van der Waals surface area contributed by atoms with E-state index in [0.29, 0.717) is 25.9 Å². The second-order valence-corrected chi connectivity index (χ2v) is 7.30. The molecule has 2 fully saturated rings. The molecule has 3 heterocycles. The Balaban J connectivity index is 1.54. The number of carbonyl (C=O) groups excluding carboxylic acids is 1. The minimum Gasteiger partial charge on any atom is -0.434 e. The summed E-state index contributed by atoms with van der Waals surface area (Å²) in [5.41, 5.74) is -0.0400. The van der Waals surface area contributed by atoms with Gasteiger partial charge in [0.2, 0.25) is 6.10 Å². The van der Waals surface area contributed by atoms with Gasteiger partial charge in [0.05, 0.1) is 18.8 Å². The van der Waals surface area contributed by atoms with E-state index in [4.69, 9.17) is 9.84 Å². The van der Waals surface area contributed by atoms with Crippen LogP contribution in [0.5, 0.6) is 0 Å².